The second kappa shape index (κ2) is 11.1. The summed E-state index contributed by atoms with van der Waals surface area (Å²) in [6.07, 6.45) is 6.64. The molecule has 4 heterocycles. The maximum Gasteiger partial charge on any atom is 0.233 e. The Kier molecular flexibility index (Phi) is 8.11. The maximum atomic E-state index is 13.9. The van der Waals surface area contributed by atoms with Crippen LogP contribution in [0.25, 0.3) is 11.4 Å². The van der Waals surface area contributed by atoms with Gasteiger partial charge in [-0.2, -0.15) is 15.2 Å². The molecule has 0 bridgehead atoms. The van der Waals surface area contributed by atoms with Gasteiger partial charge in [0.2, 0.25) is 11.9 Å². The summed E-state index contributed by atoms with van der Waals surface area (Å²) in [6.45, 7) is 10.1. The second-order valence-corrected chi connectivity index (χ2v) is 16.3. The van der Waals surface area contributed by atoms with E-state index >= 15 is 0 Å². The van der Waals surface area contributed by atoms with E-state index in [-0.39, 0.29) is 23.7 Å². The number of aromatic nitrogens is 6. The van der Waals surface area contributed by atoms with Crippen LogP contribution in [-0.2, 0) is 22.7 Å². The highest BCUT2D eigenvalue weighted by Crippen LogP contribution is 2.29. The molecule has 1 atom stereocenters. The van der Waals surface area contributed by atoms with Gasteiger partial charge < -0.3 is 4.74 Å². The molecule has 192 valence electrons. The average molecular weight is 532 g/mol. The second-order valence-electron chi connectivity index (χ2n) is 10.3. The lowest BCUT2D eigenvalue weighted by Crippen LogP contribution is -2.43. The summed E-state index contributed by atoms with van der Waals surface area (Å²) >= 11 is 5.72. The number of nitrogens with zero attached hydrogens (tertiary/aromatic N) is 7. The van der Waals surface area contributed by atoms with Crippen molar-refractivity contribution in [2.24, 2.45) is 5.92 Å². The van der Waals surface area contributed by atoms with Gasteiger partial charge in [0.25, 0.3) is 0 Å². The molecule has 9 nitrogen and oxygen atoms in total. The molecule has 1 saturated heterocycles. The number of rotatable bonds is 9. The van der Waals surface area contributed by atoms with Crippen molar-refractivity contribution in [1.29, 1.82) is 0 Å². The third kappa shape index (κ3) is 6.32. The smallest absolute Gasteiger partial charge is 0.233 e. The molecular weight excluding hydrogens is 501 g/mol. The van der Waals surface area contributed by atoms with Gasteiger partial charge in [-0.05, 0) is 49.4 Å². The van der Waals surface area contributed by atoms with E-state index in [4.69, 9.17) is 21.3 Å². The van der Waals surface area contributed by atoms with E-state index in [2.05, 4.69) is 39.9 Å². The third-order valence-electron chi connectivity index (χ3n) is 6.16. The Morgan fingerprint density at radius 1 is 1.22 bits per heavy atom. The fraction of sp³-hybridized carbons (Fsp3) is 0.500. The standard InChI is InChI=1S/C24H31ClFN7O2Si/c1-16-12-28-29-14-19(16)22-30-24(33(31-22)15-35-8-9-36(2,3)4)32-7-5-6-18(23(32)34)10-17-11-20(26)21(25)27-13-17/h11-14,18H,5-10,15H2,1-4H3. The number of halogens is 2. The van der Waals surface area contributed by atoms with Crippen LogP contribution >= 0.6 is 11.6 Å². The number of aryl methyl sites for hydroxylation is 1. The first kappa shape index (κ1) is 26.3. The van der Waals surface area contributed by atoms with Gasteiger partial charge in [0.1, 0.15) is 6.73 Å². The highest BCUT2D eigenvalue weighted by molar-refractivity contribution is 6.76. The first-order chi connectivity index (χ1) is 17.1. The highest BCUT2D eigenvalue weighted by Gasteiger charge is 2.33. The molecular formula is C24H31ClFN7O2Si. The van der Waals surface area contributed by atoms with Crippen LogP contribution in [0.2, 0.25) is 30.8 Å². The predicted molar refractivity (Wildman–Crippen MR) is 138 cm³/mol. The van der Waals surface area contributed by atoms with Crippen LogP contribution in [0, 0.1) is 18.7 Å². The molecule has 3 aromatic rings. The van der Waals surface area contributed by atoms with Gasteiger partial charge in [-0.3, -0.25) is 9.69 Å². The lowest BCUT2D eigenvalue weighted by molar-refractivity contribution is -0.123. The molecule has 0 radical (unpaired) electrons. The van der Waals surface area contributed by atoms with Crippen molar-refractivity contribution in [3.8, 4) is 11.4 Å². The summed E-state index contributed by atoms with van der Waals surface area (Å²) in [5.41, 5.74) is 2.26. The third-order valence-corrected chi connectivity index (χ3v) is 8.14. The Hall–Kier alpha value is -2.76. The number of ether oxygens (including phenoxy) is 1. The molecule has 0 saturated carbocycles. The van der Waals surface area contributed by atoms with Crippen molar-refractivity contribution in [1.82, 2.24) is 29.9 Å². The molecule has 36 heavy (non-hydrogen) atoms. The van der Waals surface area contributed by atoms with E-state index in [1.54, 1.807) is 22.0 Å². The summed E-state index contributed by atoms with van der Waals surface area (Å²) < 4.78 is 21.5. The van der Waals surface area contributed by atoms with Crippen molar-refractivity contribution in [3.63, 3.8) is 0 Å². The number of carbonyl (C=O) groups excluding carboxylic acids is 1. The van der Waals surface area contributed by atoms with Crippen molar-refractivity contribution in [2.45, 2.75) is 58.6 Å². The van der Waals surface area contributed by atoms with Gasteiger partial charge >= 0.3 is 0 Å². The number of amides is 1. The van der Waals surface area contributed by atoms with Crippen molar-refractivity contribution >= 4 is 31.5 Å². The van der Waals surface area contributed by atoms with Gasteiger partial charge in [-0.15, -0.1) is 5.10 Å². The highest BCUT2D eigenvalue weighted by atomic mass is 35.5. The predicted octanol–water partition coefficient (Wildman–Crippen LogP) is 4.53. The monoisotopic (exact) mass is 531 g/mol. The van der Waals surface area contributed by atoms with Crippen molar-refractivity contribution in [2.75, 3.05) is 18.1 Å². The Labute approximate surface area is 216 Å². The van der Waals surface area contributed by atoms with E-state index in [0.717, 1.165) is 23.6 Å². The summed E-state index contributed by atoms with van der Waals surface area (Å²) in [5.74, 6) is -0.0970. The molecule has 12 heteroatoms. The zero-order chi connectivity index (χ0) is 25.9. The maximum absolute atomic E-state index is 13.9. The molecule has 0 spiro atoms. The Morgan fingerprint density at radius 2 is 2.00 bits per heavy atom. The summed E-state index contributed by atoms with van der Waals surface area (Å²) in [5, 5.41) is 12.4. The molecule has 4 rings (SSSR count). The average Bonchev–Trinajstić information content (AvgIpc) is 3.24. The number of carbonyl (C=O) groups is 1. The minimum absolute atomic E-state index is 0.0801. The van der Waals surface area contributed by atoms with Crippen LogP contribution in [0.1, 0.15) is 24.0 Å². The van der Waals surface area contributed by atoms with Gasteiger partial charge in [-0.25, -0.2) is 14.1 Å². The molecule has 1 fully saturated rings. The molecule has 1 amide bonds. The van der Waals surface area contributed by atoms with Crippen LogP contribution in [0.15, 0.2) is 24.7 Å². The van der Waals surface area contributed by atoms with E-state index in [9.17, 15) is 9.18 Å². The largest absolute Gasteiger partial charge is 0.359 e. The molecule has 0 N–H and O–H groups in total. The topological polar surface area (TPSA) is 98.9 Å². The first-order valence-corrected chi connectivity index (χ1v) is 16.1. The Bertz CT molecular complexity index is 1230. The molecule has 1 unspecified atom stereocenters. The number of piperidine rings is 1. The number of pyridine rings is 1. The van der Waals surface area contributed by atoms with Crippen LogP contribution < -0.4 is 4.90 Å². The van der Waals surface area contributed by atoms with Gasteiger partial charge in [-0.1, -0.05) is 31.2 Å². The SMILES string of the molecule is Cc1cnncc1-c1nc(N2CCCC(Cc3cnc(Cl)c(F)c3)C2=O)n(COCC[Si](C)(C)C)n1. The van der Waals surface area contributed by atoms with Gasteiger partial charge in [0, 0.05) is 38.9 Å². The number of hydrogen-bond donors (Lipinski definition) is 0. The lowest BCUT2D eigenvalue weighted by Gasteiger charge is -2.31. The fourth-order valence-electron chi connectivity index (χ4n) is 4.07. The molecule has 0 aromatic carbocycles. The minimum Gasteiger partial charge on any atom is -0.359 e. The Balaban J connectivity index is 1.59. The van der Waals surface area contributed by atoms with Crippen molar-refractivity contribution < 1.29 is 13.9 Å². The van der Waals surface area contributed by atoms with E-state index in [0.29, 0.717) is 43.3 Å². The lowest BCUT2D eigenvalue weighted by atomic mass is 9.91. The minimum atomic E-state index is -1.25. The van der Waals surface area contributed by atoms with Crippen LogP contribution in [0.3, 0.4) is 0 Å². The number of anilines is 1. The zero-order valence-electron chi connectivity index (χ0n) is 21.0. The first-order valence-electron chi connectivity index (χ1n) is 12.0. The molecule has 1 aliphatic heterocycles. The summed E-state index contributed by atoms with van der Waals surface area (Å²) in [6, 6.07) is 2.36. The van der Waals surface area contributed by atoms with E-state index < -0.39 is 13.9 Å². The molecule has 0 aliphatic carbocycles. The zero-order valence-corrected chi connectivity index (χ0v) is 22.8. The van der Waals surface area contributed by atoms with E-state index in [1.807, 2.05) is 6.92 Å². The number of hydrogen-bond acceptors (Lipinski definition) is 7. The normalized spacial score (nSPS) is 16.6. The quantitative estimate of drug-likeness (QED) is 0.227. The van der Waals surface area contributed by atoms with Crippen LogP contribution in [0.5, 0.6) is 0 Å². The van der Waals surface area contributed by atoms with Crippen LogP contribution in [-0.4, -0.2) is 57.1 Å². The van der Waals surface area contributed by atoms with E-state index in [1.165, 1.54) is 12.3 Å². The van der Waals surface area contributed by atoms with Gasteiger partial charge in [0.15, 0.2) is 16.8 Å². The Morgan fingerprint density at radius 3 is 2.72 bits per heavy atom. The summed E-state index contributed by atoms with van der Waals surface area (Å²) in [4.78, 5) is 23.8. The molecule has 1 aliphatic rings. The molecule has 3 aromatic heterocycles. The van der Waals surface area contributed by atoms with Gasteiger partial charge in [0.05, 0.1) is 12.4 Å². The fourth-order valence-corrected chi connectivity index (χ4v) is 4.93. The van der Waals surface area contributed by atoms with Crippen molar-refractivity contribution in [3.05, 3.63) is 46.8 Å². The summed E-state index contributed by atoms with van der Waals surface area (Å²) in [7, 11) is -1.25. The van der Waals surface area contributed by atoms with Crippen LogP contribution in [0.4, 0.5) is 10.3 Å².